The molecule has 0 aliphatic carbocycles. The second-order valence-corrected chi connectivity index (χ2v) is 10.1. The fourth-order valence-corrected chi connectivity index (χ4v) is 4.74. The maximum Gasteiger partial charge on any atom is 0.230 e. The van der Waals surface area contributed by atoms with E-state index in [9.17, 15) is 9.59 Å². The molecular formula is C29H41N3O3. The number of rotatable bonds is 11. The average molecular weight is 480 g/mol. The van der Waals surface area contributed by atoms with Crippen molar-refractivity contribution in [1.29, 1.82) is 0 Å². The van der Waals surface area contributed by atoms with E-state index in [1.54, 1.807) is 0 Å². The smallest absolute Gasteiger partial charge is 0.230 e. The van der Waals surface area contributed by atoms with Gasteiger partial charge < -0.3 is 19.9 Å². The molecule has 6 nitrogen and oxygen atoms in total. The summed E-state index contributed by atoms with van der Waals surface area (Å²) in [6, 6.07) is 16.0. The third kappa shape index (κ3) is 7.56. The van der Waals surface area contributed by atoms with Gasteiger partial charge in [0.05, 0.1) is 12.0 Å². The molecule has 1 N–H and O–H groups in total. The predicted octanol–water partition coefficient (Wildman–Crippen LogP) is 5.44. The molecule has 1 heterocycles. The van der Waals surface area contributed by atoms with E-state index in [1.165, 1.54) is 0 Å². The lowest BCUT2D eigenvalue weighted by molar-refractivity contribution is -0.135. The Morgan fingerprint density at radius 3 is 2.46 bits per heavy atom. The predicted molar refractivity (Wildman–Crippen MR) is 143 cm³/mol. The van der Waals surface area contributed by atoms with Gasteiger partial charge in [0.1, 0.15) is 0 Å². The fraction of sp³-hybridized carbons (Fsp3) is 0.517. The average Bonchev–Trinajstić information content (AvgIpc) is 3.32. The Hall–Kier alpha value is -2.86. The number of nitrogens with zero attached hydrogens (tertiary/aromatic N) is 2. The van der Waals surface area contributed by atoms with Crippen LogP contribution in [0, 0.1) is 5.92 Å². The van der Waals surface area contributed by atoms with Crippen molar-refractivity contribution in [3.8, 4) is 0 Å². The molecule has 1 saturated heterocycles. The molecule has 2 amide bonds. The number of ether oxygens (including phenoxy) is 1. The van der Waals surface area contributed by atoms with Crippen molar-refractivity contribution in [2.75, 3.05) is 37.5 Å². The van der Waals surface area contributed by atoms with Crippen LogP contribution in [0.3, 0.4) is 0 Å². The quantitative estimate of drug-likeness (QED) is 0.466. The highest BCUT2D eigenvalue weighted by atomic mass is 16.5. The first kappa shape index (κ1) is 26.7. The summed E-state index contributed by atoms with van der Waals surface area (Å²) in [6.07, 6.45) is 3.27. The van der Waals surface area contributed by atoms with Gasteiger partial charge in [-0.3, -0.25) is 9.59 Å². The molecule has 0 saturated carbocycles. The van der Waals surface area contributed by atoms with Crippen LogP contribution < -0.4 is 10.2 Å². The SMILES string of the molecule is CC[C@@H](C(=O)N(Cc1cc(NC(=O)CC(C)C)ccc1N(C)C)C[C@@H]1CCCO1)c1ccccc1. The number of amides is 2. The Balaban J connectivity index is 1.90. The van der Waals surface area contributed by atoms with Crippen LogP contribution in [0.4, 0.5) is 11.4 Å². The van der Waals surface area contributed by atoms with Crippen LogP contribution in [0.5, 0.6) is 0 Å². The van der Waals surface area contributed by atoms with Crippen LogP contribution in [0.25, 0.3) is 0 Å². The van der Waals surface area contributed by atoms with E-state index < -0.39 is 0 Å². The molecule has 1 aliphatic rings. The van der Waals surface area contributed by atoms with Crippen molar-refractivity contribution >= 4 is 23.2 Å². The van der Waals surface area contributed by atoms with Gasteiger partial charge in [0.2, 0.25) is 11.8 Å². The third-order valence-electron chi connectivity index (χ3n) is 6.47. The van der Waals surface area contributed by atoms with Gasteiger partial charge in [-0.2, -0.15) is 0 Å². The number of benzene rings is 2. The molecule has 35 heavy (non-hydrogen) atoms. The van der Waals surface area contributed by atoms with Crippen molar-refractivity contribution in [2.45, 2.75) is 65.0 Å². The Labute approximate surface area is 210 Å². The van der Waals surface area contributed by atoms with Gasteiger partial charge in [-0.05, 0) is 54.5 Å². The highest BCUT2D eigenvalue weighted by Crippen LogP contribution is 2.29. The lowest BCUT2D eigenvalue weighted by atomic mass is 9.94. The molecule has 3 rings (SSSR count). The highest BCUT2D eigenvalue weighted by molar-refractivity contribution is 5.91. The van der Waals surface area contributed by atoms with E-state index in [2.05, 4.69) is 17.1 Å². The standard InChI is InChI=1S/C29H41N3O3/c1-6-26(22-11-8-7-9-12-22)29(34)32(20-25-13-10-16-35-25)19-23-18-24(14-15-27(23)31(4)5)30-28(33)17-21(2)3/h7-9,11-12,14-15,18,21,25-26H,6,10,13,16-17,19-20H2,1-5H3,(H,30,33)/t25-,26+/m0/s1. The summed E-state index contributed by atoms with van der Waals surface area (Å²) in [5.74, 6) is 0.215. The summed E-state index contributed by atoms with van der Waals surface area (Å²) in [5.41, 5.74) is 3.84. The second kappa shape index (κ2) is 12.7. The number of carbonyl (C=O) groups excluding carboxylic acids is 2. The van der Waals surface area contributed by atoms with Gasteiger partial charge in [0.15, 0.2) is 0 Å². The van der Waals surface area contributed by atoms with Crippen LogP contribution in [-0.2, 0) is 20.9 Å². The topological polar surface area (TPSA) is 61.9 Å². The summed E-state index contributed by atoms with van der Waals surface area (Å²) in [7, 11) is 4.00. The molecule has 0 unspecified atom stereocenters. The number of carbonyl (C=O) groups is 2. The Kier molecular flexibility index (Phi) is 9.73. The number of nitrogens with one attached hydrogen (secondary N) is 1. The lowest BCUT2D eigenvalue weighted by Crippen LogP contribution is -2.40. The first-order valence-electron chi connectivity index (χ1n) is 12.8. The Morgan fingerprint density at radius 2 is 1.86 bits per heavy atom. The summed E-state index contributed by atoms with van der Waals surface area (Å²) < 4.78 is 5.92. The highest BCUT2D eigenvalue weighted by Gasteiger charge is 2.29. The molecule has 1 fully saturated rings. The first-order chi connectivity index (χ1) is 16.8. The van der Waals surface area contributed by atoms with E-state index in [0.29, 0.717) is 25.4 Å². The summed E-state index contributed by atoms with van der Waals surface area (Å²) in [6.45, 7) is 7.92. The monoisotopic (exact) mass is 479 g/mol. The Morgan fingerprint density at radius 1 is 1.11 bits per heavy atom. The van der Waals surface area contributed by atoms with Gasteiger partial charge in [0.25, 0.3) is 0 Å². The molecule has 2 aromatic carbocycles. The van der Waals surface area contributed by atoms with Gasteiger partial charge in [-0.15, -0.1) is 0 Å². The van der Waals surface area contributed by atoms with Crippen molar-refractivity contribution in [3.05, 3.63) is 59.7 Å². The minimum absolute atomic E-state index is 0.00552. The van der Waals surface area contributed by atoms with Gasteiger partial charge in [-0.1, -0.05) is 51.1 Å². The summed E-state index contributed by atoms with van der Waals surface area (Å²) in [4.78, 5) is 30.3. The third-order valence-corrected chi connectivity index (χ3v) is 6.47. The molecule has 0 spiro atoms. The second-order valence-electron chi connectivity index (χ2n) is 10.1. The van der Waals surface area contributed by atoms with Crippen molar-refractivity contribution in [3.63, 3.8) is 0 Å². The van der Waals surface area contributed by atoms with E-state index in [-0.39, 0.29) is 23.8 Å². The molecule has 190 valence electrons. The zero-order valence-corrected chi connectivity index (χ0v) is 21.9. The first-order valence-corrected chi connectivity index (χ1v) is 12.8. The normalized spacial score (nSPS) is 16.2. The van der Waals surface area contributed by atoms with E-state index in [4.69, 9.17) is 4.74 Å². The zero-order chi connectivity index (χ0) is 25.4. The van der Waals surface area contributed by atoms with Crippen molar-refractivity contribution in [1.82, 2.24) is 4.90 Å². The minimum Gasteiger partial charge on any atom is -0.377 e. The maximum absolute atomic E-state index is 13.9. The summed E-state index contributed by atoms with van der Waals surface area (Å²) >= 11 is 0. The van der Waals surface area contributed by atoms with Crippen molar-refractivity contribution < 1.29 is 14.3 Å². The maximum atomic E-state index is 13.9. The van der Waals surface area contributed by atoms with Crippen molar-refractivity contribution in [2.24, 2.45) is 5.92 Å². The van der Waals surface area contributed by atoms with Gasteiger partial charge >= 0.3 is 0 Å². The van der Waals surface area contributed by atoms with Crippen LogP contribution >= 0.6 is 0 Å². The molecule has 2 atom stereocenters. The molecular weight excluding hydrogens is 438 g/mol. The Bertz CT molecular complexity index is 968. The molecule has 0 bridgehead atoms. The van der Waals surface area contributed by atoms with Gasteiger partial charge in [0, 0.05) is 51.6 Å². The number of anilines is 2. The van der Waals surface area contributed by atoms with Crippen LogP contribution in [0.15, 0.2) is 48.5 Å². The molecule has 0 aromatic heterocycles. The van der Waals surface area contributed by atoms with Crippen LogP contribution in [-0.4, -0.2) is 50.1 Å². The molecule has 0 radical (unpaired) electrons. The van der Waals surface area contributed by atoms with E-state index in [1.807, 2.05) is 81.4 Å². The minimum atomic E-state index is -0.200. The number of hydrogen-bond donors (Lipinski definition) is 1. The van der Waals surface area contributed by atoms with E-state index in [0.717, 1.165) is 48.4 Å². The lowest BCUT2D eigenvalue weighted by Gasteiger charge is -2.31. The number of hydrogen-bond acceptors (Lipinski definition) is 4. The zero-order valence-electron chi connectivity index (χ0n) is 21.9. The molecule has 6 heteroatoms. The largest absolute Gasteiger partial charge is 0.377 e. The van der Waals surface area contributed by atoms with Gasteiger partial charge in [-0.25, -0.2) is 0 Å². The fourth-order valence-electron chi connectivity index (χ4n) is 4.74. The van der Waals surface area contributed by atoms with Crippen LogP contribution in [0.1, 0.15) is 63.5 Å². The van der Waals surface area contributed by atoms with Crippen LogP contribution in [0.2, 0.25) is 0 Å². The van der Waals surface area contributed by atoms with E-state index >= 15 is 0 Å². The molecule has 1 aliphatic heterocycles. The summed E-state index contributed by atoms with van der Waals surface area (Å²) in [5, 5.41) is 3.03. The molecule has 2 aromatic rings.